The van der Waals surface area contributed by atoms with Crippen LogP contribution in [0, 0.1) is 6.92 Å². The minimum absolute atomic E-state index is 0.174. The van der Waals surface area contributed by atoms with Crippen LogP contribution in [0.25, 0.3) is 0 Å². The van der Waals surface area contributed by atoms with E-state index in [1.807, 2.05) is 26.0 Å². The molecule has 0 unspecified atom stereocenters. The van der Waals surface area contributed by atoms with Crippen LogP contribution in [0.5, 0.6) is 0 Å². The number of rotatable bonds is 5. The fraction of sp³-hybridized carbons (Fsp3) is 0.429. The SMILES string of the molecule is CCCC/C(C)=N/NC(=O)c1ccc(C)c(Br)c1. The van der Waals surface area contributed by atoms with Gasteiger partial charge in [0.05, 0.1) is 0 Å². The van der Waals surface area contributed by atoms with Crippen LogP contribution in [0.3, 0.4) is 0 Å². The fourth-order valence-corrected chi connectivity index (χ4v) is 1.81. The van der Waals surface area contributed by atoms with Gasteiger partial charge in [0.25, 0.3) is 5.91 Å². The summed E-state index contributed by atoms with van der Waals surface area (Å²) in [6.07, 6.45) is 3.15. The zero-order valence-corrected chi connectivity index (χ0v) is 12.7. The molecule has 0 aliphatic carbocycles. The van der Waals surface area contributed by atoms with Crippen molar-refractivity contribution in [2.24, 2.45) is 5.10 Å². The number of carbonyl (C=O) groups is 1. The van der Waals surface area contributed by atoms with Gasteiger partial charge < -0.3 is 0 Å². The molecule has 0 heterocycles. The van der Waals surface area contributed by atoms with Gasteiger partial charge in [0, 0.05) is 15.7 Å². The first-order valence-electron chi connectivity index (χ1n) is 6.14. The van der Waals surface area contributed by atoms with Crippen LogP contribution >= 0.6 is 15.9 Å². The number of nitrogens with one attached hydrogen (secondary N) is 1. The second kappa shape index (κ2) is 7.31. The molecule has 0 aliphatic heterocycles. The molecule has 1 amide bonds. The molecular weight excluding hydrogens is 292 g/mol. The van der Waals surface area contributed by atoms with E-state index >= 15 is 0 Å². The third-order valence-corrected chi connectivity index (χ3v) is 3.53. The number of unbranched alkanes of at least 4 members (excludes halogenated alkanes) is 1. The van der Waals surface area contributed by atoms with Crippen molar-refractivity contribution in [2.75, 3.05) is 0 Å². The Bertz CT molecular complexity index is 455. The van der Waals surface area contributed by atoms with Crippen molar-refractivity contribution < 1.29 is 4.79 Å². The highest BCUT2D eigenvalue weighted by Gasteiger charge is 2.06. The highest BCUT2D eigenvalue weighted by Crippen LogP contribution is 2.17. The molecule has 0 spiro atoms. The van der Waals surface area contributed by atoms with Gasteiger partial charge in [-0.15, -0.1) is 0 Å². The summed E-state index contributed by atoms with van der Waals surface area (Å²) in [5.74, 6) is -0.174. The third-order valence-electron chi connectivity index (χ3n) is 2.67. The van der Waals surface area contributed by atoms with Gasteiger partial charge in [0.1, 0.15) is 0 Å². The summed E-state index contributed by atoms with van der Waals surface area (Å²) in [6, 6.07) is 5.51. The molecule has 0 bridgehead atoms. The summed E-state index contributed by atoms with van der Waals surface area (Å²) in [5, 5.41) is 4.09. The first-order valence-corrected chi connectivity index (χ1v) is 6.93. The summed E-state index contributed by atoms with van der Waals surface area (Å²) in [6.45, 7) is 6.05. The zero-order chi connectivity index (χ0) is 13.5. The minimum atomic E-state index is -0.174. The lowest BCUT2D eigenvalue weighted by Crippen LogP contribution is -2.19. The van der Waals surface area contributed by atoms with Gasteiger partial charge in [0.2, 0.25) is 0 Å². The van der Waals surface area contributed by atoms with E-state index in [0.717, 1.165) is 35.0 Å². The maximum absolute atomic E-state index is 11.8. The van der Waals surface area contributed by atoms with Crippen molar-refractivity contribution in [3.8, 4) is 0 Å². The summed E-state index contributed by atoms with van der Waals surface area (Å²) in [5.41, 5.74) is 5.25. The number of hydrazone groups is 1. The molecule has 0 saturated heterocycles. The molecule has 98 valence electrons. The Hall–Kier alpha value is -1.16. The standard InChI is InChI=1S/C14H19BrN2O/c1-4-5-6-11(3)16-17-14(18)12-8-7-10(2)13(15)9-12/h7-9H,4-6H2,1-3H3,(H,17,18)/b16-11+. The van der Waals surface area contributed by atoms with E-state index in [2.05, 4.69) is 33.4 Å². The van der Waals surface area contributed by atoms with Crippen LogP contribution in [0.2, 0.25) is 0 Å². The zero-order valence-electron chi connectivity index (χ0n) is 11.1. The molecule has 0 atom stereocenters. The number of aryl methyl sites for hydroxylation is 1. The number of nitrogens with zero attached hydrogens (tertiary/aromatic N) is 1. The summed E-state index contributed by atoms with van der Waals surface area (Å²) < 4.78 is 0.932. The van der Waals surface area contributed by atoms with E-state index < -0.39 is 0 Å². The summed E-state index contributed by atoms with van der Waals surface area (Å²) >= 11 is 3.41. The smallest absolute Gasteiger partial charge is 0.267 e. The van der Waals surface area contributed by atoms with Gasteiger partial charge in [-0.3, -0.25) is 4.79 Å². The van der Waals surface area contributed by atoms with Gasteiger partial charge in [-0.05, 0) is 44.4 Å². The number of hydrogen-bond donors (Lipinski definition) is 1. The first kappa shape index (κ1) is 14.9. The fourth-order valence-electron chi connectivity index (χ4n) is 1.43. The predicted octanol–water partition coefficient (Wildman–Crippen LogP) is 4.05. The monoisotopic (exact) mass is 310 g/mol. The van der Waals surface area contributed by atoms with Crippen LogP contribution in [-0.4, -0.2) is 11.6 Å². The topological polar surface area (TPSA) is 41.5 Å². The molecule has 3 nitrogen and oxygen atoms in total. The Kier molecular flexibility index (Phi) is 6.05. The molecule has 1 N–H and O–H groups in total. The lowest BCUT2D eigenvalue weighted by molar-refractivity contribution is 0.0954. The van der Waals surface area contributed by atoms with Crippen LogP contribution in [0.4, 0.5) is 0 Å². The van der Waals surface area contributed by atoms with Gasteiger partial charge >= 0.3 is 0 Å². The van der Waals surface area contributed by atoms with Crippen molar-refractivity contribution in [3.05, 3.63) is 33.8 Å². The highest BCUT2D eigenvalue weighted by molar-refractivity contribution is 9.10. The predicted molar refractivity (Wildman–Crippen MR) is 79.0 cm³/mol. The molecule has 0 fully saturated rings. The molecule has 1 aromatic carbocycles. The number of carbonyl (C=O) groups excluding carboxylic acids is 1. The van der Waals surface area contributed by atoms with E-state index in [4.69, 9.17) is 0 Å². The number of amides is 1. The Morgan fingerprint density at radius 3 is 2.78 bits per heavy atom. The van der Waals surface area contributed by atoms with Crippen LogP contribution in [-0.2, 0) is 0 Å². The first-order chi connectivity index (χ1) is 8.54. The molecule has 0 saturated carbocycles. The maximum atomic E-state index is 11.8. The van der Waals surface area contributed by atoms with Gasteiger partial charge in [-0.2, -0.15) is 5.10 Å². The molecule has 18 heavy (non-hydrogen) atoms. The van der Waals surface area contributed by atoms with Crippen LogP contribution in [0.1, 0.15) is 49.0 Å². The second-order valence-electron chi connectivity index (χ2n) is 4.36. The van der Waals surface area contributed by atoms with Crippen molar-refractivity contribution >= 4 is 27.5 Å². The van der Waals surface area contributed by atoms with E-state index in [-0.39, 0.29) is 5.91 Å². The Labute approximate surface area is 117 Å². The molecule has 4 heteroatoms. The van der Waals surface area contributed by atoms with Gasteiger partial charge in [0.15, 0.2) is 0 Å². The molecule has 0 aromatic heterocycles. The summed E-state index contributed by atoms with van der Waals surface area (Å²) in [4.78, 5) is 11.8. The van der Waals surface area contributed by atoms with Crippen molar-refractivity contribution in [2.45, 2.75) is 40.0 Å². The van der Waals surface area contributed by atoms with Crippen LogP contribution < -0.4 is 5.43 Å². The normalized spacial score (nSPS) is 11.4. The van der Waals surface area contributed by atoms with Gasteiger partial charge in [-0.1, -0.05) is 35.3 Å². The molecule has 1 rings (SSSR count). The molecule has 0 aliphatic rings. The largest absolute Gasteiger partial charge is 0.271 e. The molecule has 0 radical (unpaired) electrons. The number of halogens is 1. The van der Waals surface area contributed by atoms with Gasteiger partial charge in [-0.25, -0.2) is 5.43 Å². The maximum Gasteiger partial charge on any atom is 0.271 e. The summed E-state index contributed by atoms with van der Waals surface area (Å²) in [7, 11) is 0. The number of benzene rings is 1. The molecule has 1 aromatic rings. The number of hydrogen-bond acceptors (Lipinski definition) is 2. The highest BCUT2D eigenvalue weighted by atomic mass is 79.9. The quantitative estimate of drug-likeness (QED) is 0.647. The van der Waals surface area contributed by atoms with Crippen molar-refractivity contribution in [1.29, 1.82) is 0 Å². The van der Waals surface area contributed by atoms with Crippen molar-refractivity contribution in [1.82, 2.24) is 5.43 Å². The molecular formula is C14H19BrN2O. The van der Waals surface area contributed by atoms with E-state index in [1.165, 1.54) is 0 Å². The Morgan fingerprint density at radius 1 is 1.44 bits per heavy atom. The average molecular weight is 311 g/mol. The lowest BCUT2D eigenvalue weighted by atomic mass is 10.1. The van der Waals surface area contributed by atoms with E-state index in [9.17, 15) is 4.79 Å². The third kappa shape index (κ3) is 4.61. The lowest BCUT2D eigenvalue weighted by Gasteiger charge is -2.04. The Balaban J connectivity index is 2.62. The second-order valence-corrected chi connectivity index (χ2v) is 5.21. The van der Waals surface area contributed by atoms with Crippen molar-refractivity contribution in [3.63, 3.8) is 0 Å². The van der Waals surface area contributed by atoms with E-state index in [1.54, 1.807) is 6.07 Å². The Morgan fingerprint density at radius 2 is 2.17 bits per heavy atom. The van der Waals surface area contributed by atoms with Crippen LogP contribution in [0.15, 0.2) is 27.8 Å². The minimum Gasteiger partial charge on any atom is -0.267 e. The van der Waals surface area contributed by atoms with E-state index in [0.29, 0.717) is 5.56 Å². The average Bonchev–Trinajstić information content (AvgIpc) is 2.36.